The molecule has 3 heterocycles. The number of hydrogen-bond donors (Lipinski definition) is 0. The summed E-state index contributed by atoms with van der Waals surface area (Å²) >= 11 is 6.02. The highest BCUT2D eigenvalue weighted by atomic mass is 35.5. The van der Waals surface area contributed by atoms with Crippen LogP contribution in [0.3, 0.4) is 0 Å². The van der Waals surface area contributed by atoms with Crippen LogP contribution in [0.25, 0.3) is 11.5 Å². The first-order chi connectivity index (χ1) is 14.6. The van der Waals surface area contributed by atoms with Gasteiger partial charge in [0.05, 0.1) is 25.3 Å². The minimum absolute atomic E-state index is 0.0151. The Kier molecular flexibility index (Phi) is 6.30. The van der Waals surface area contributed by atoms with Gasteiger partial charge in [-0.05, 0) is 31.2 Å². The normalized spacial score (nSPS) is 16.5. The summed E-state index contributed by atoms with van der Waals surface area (Å²) < 4.78 is 17.2. The number of carbonyl (C=O) groups excluding carboxylic acids is 1. The molecule has 1 aromatic carbocycles. The number of nitrogens with zero attached hydrogens (tertiary/aromatic N) is 3. The molecule has 1 atom stereocenters. The molecule has 0 aliphatic carbocycles. The number of aryl methyl sites for hydroxylation is 1. The molecule has 1 amide bonds. The fraction of sp³-hybridized carbons (Fsp3) is 0.318. The van der Waals surface area contributed by atoms with Crippen LogP contribution in [0.1, 0.15) is 11.5 Å². The largest absolute Gasteiger partial charge is 0.488 e. The van der Waals surface area contributed by atoms with Crippen molar-refractivity contribution in [2.45, 2.75) is 19.4 Å². The predicted octanol–water partition coefficient (Wildman–Crippen LogP) is 3.55. The second-order valence-corrected chi connectivity index (χ2v) is 7.36. The summed E-state index contributed by atoms with van der Waals surface area (Å²) in [4.78, 5) is 23.1. The van der Waals surface area contributed by atoms with E-state index in [0.29, 0.717) is 47.9 Å². The van der Waals surface area contributed by atoms with E-state index in [1.165, 1.54) is 0 Å². The van der Waals surface area contributed by atoms with Gasteiger partial charge in [0.15, 0.2) is 10.9 Å². The molecule has 0 bridgehead atoms. The quantitative estimate of drug-likeness (QED) is 0.560. The lowest BCUT2D eigenvalue weighted by Crippen LogP contribution is -2.48. The van der Waals surface area contributed by atoms with Gasteiger partial charge in [0, 0.05) is 18.3 Å². The Balaban J connectivity index is 1.35. The van der Waals surface area contributed by atoms with Crippen molar-refractivity contribution in [2.75, 3.05) is 26.3 Å². The summed E-state index contributed by atoms with van der Waals surface area (Å²) in [5.74, 6) is 1.66. The minimum atomic E-state index is -0.239. The van der Waals surface area contributed by atoms with Crippen LogP contribution in [0.15, 0.2) is 53.1 Å². The van der Waals surface area contributed by atoms with Gasteiger partial charge in [-0.15, -0.1) is 0 Å². The molecule has 7 nitrogen and oxygen atoms in total. The number of halogens is 1. The highest BCUT2D eigenvalue weighted by Crippen LogP contribution is 2.23. The average Bonchev–Trinajstić information content (AvgIpc) is 3.14. The molecule has 0 spiro atoms. The van der Waals surface area contributed by atoms with E-state index in [1.54, 1.807) is 23.2 Å². The summed E-state index contributed by atoms with van der Waals surface area (Å²) in [6.07, 6.45) is 1.55. The molecular weight excluding hydrogens is 406 g/mol. The molecule has 2 aromatic heterocycles. The topological polar surface area (TPSA) is 77.7 Å². The van der Waals surface area contributed by atoms with Crippen LogP contribution >= 0.6 is 11.6 Å². The number of rotatable bonds is 6. The van der Waals surface area contributed by atoms with E-state index >= 15 is 0 Å². The van der Waals surface area contributed by atoms with Gasteiger partial charge in [-0.3, -0.25) is 4.79 Å². The Morgan fingerprint density at radius 3 is 2.90 bits per heavy atom. The number of oxazole rings is 1. The molecule has 1 aliphatic heterocycles. The van der Waals surface area contributed by atoms with Gasteiger partial charge < -0.3 is 18.8 Å². The zero-order chi connectivity index (χ0) is 20.9. The standard InChI is InChI=1S/C22H22ClN3O4/c1-15-18(25-22(30-15)16-6-3-2-4-7-16)12-20(27)26-10-11-28-17(13-26)14-29-19-8-5-9-24-21(19)23/h2-9,17H,10-14H2,1H3. The van der Waals surface area contributed by atoms with Crippen LogP contribution in [0.2, 0.25) is 5.15 Å². The fourth-order valence-corrected chi connectivity index (χ4v) is 3.43. The molecule has 1 fully saturated rings. The Hall–Kier alpha value is -2.90. The lowest BCUT2D eigenvalue weighted by Gasteiger charge is -2.32. The van der Waals surface area contributed by atoms with E-state index < -0.39 is 0 Å². The van der Waals surface area contributed by atoms with Gasteiger partial charge in [0.1, 0.15) is 18.5 Å². The zero-order valence-corrected chi connectivity index (χ0v) is 17.3. The molecule has 1 aliphatic rings. The van der Waals surface area contributed by atoms with E-state index in [2.05, 4.69) is 9.97 Å². The Labute approximate surface area is 179 Å². The van der Waals surface area contributed by atoms with Gasteiger partial charge in [0.2, 0.25) is 11.8 Å². The molecule has 8 heteroatoms. The number of carbonyl (C=O) groups is 1. The van der Waals surface area contributed by atoms with Crippen molar-refractivity contribution in [3.8, 4) is 17.2 Å². The number of ether oxygens (including phenoxy) is 2. The molecule has 30 heavy (non-hydrogen) atoms. The van der Waals surface area contributed by atoms with Gasteiger partial charge >= 0.3 is 0 Å². The molecule has 1 saturated heterocycles. The molecule has 4 rings (SSSR count). The third-order valence-corrected chi connectivity index (χ3v) is 5.16. The van der Waals surface area contributed by atoms with Crippen molar-refractivity contribution in [1.82, 2.24) is 14.9 Å². The summed E-state index contributed by atoms with van der Waals surface area (Å²) in [6.45, 7) is 3.55. The molecule has 0 radical (unpaired) electrons. The number of benzene rings is 1. The lowest BCUT2D eigenvalue weighted by molar-refractivity contribution is -0.139. The Bertz CT molecular complexity index is 1010. The first kappa shape index (κ1) is 20.4. The maximum atomic E-state index is 12.9. The van der Waals surface area contributed by atoms with Crippen LogP contribution in [0.4, 0.5) is 0 Å². The number of pyridine rings is 1. The molecule has 0 N–H and O–H groups in total. The Morgan fingerprint density at radius 2 is 2.10 bits per heavy atom. The van der Waals surface area contributed by atoms with Gasteiger partial charge in [-0.2, -0.15) is 0 Å². The maximum Gasteiger partial charge on any atom is 0.228 e. The van der Waals surface area contributed by atoms with Crippen LogP contribution in [-0.4, -0.2) is 53.2 Å². The predicted molar refractivity (Wildman–Crippen MR) is 111 cm³/mol. The Morgan fingerprint density at radius 1 is 1.27 bits per heavy atom. The summed E-state index contributed by atoms with van der Waals surface area (Å²) in [5.41, 5.74) is 1.54. The number of hydrogen-bond acceptors (Lipinski definition) is 6. The third-order valence-electron chi connectivity index (χ3n) is 4.87. The van der Waals surface area contributed by atoms with E-state index in [1.807, 2.05) is 37.3 Å². The first-order valence-electron chi connectivity index (χ1n) is 9.74. The molecule has 156 valence electrons. The maximum absolute atomic E-state index is 12.9. The summed E-state index contributed by atoms with van der Waals surface area (Å²) in [6, 6.07) is 13.1. The van der Waals surface area contributed by atoms with Gasteiger partial charge in [-0.1, -0.05) is 29.8 Å². The minimum Gasteiger partial charge on any atom is -0.488 e. The van der Waals surface area contributed by atoms with E-state index in [4.69, 9.17) is 25.5 Å². The van der Waals surface area contributed by atoms with E-state index in [0.717, 1.165) is 5.56 Å². The van der Waals surface area contributed by atoms with Crippen molar-refractivity contribution in [1.29, 1.82) is 0 Å². The second kappa shape index (κ2) is 9.28. The third kappa shape index (κ3) is 4.80. The van der Waals surface area contributed by atoms with E-state index in [9.17, 15) is 4.79 Å². The fourth-order valence-electron chi connectivity index (χ4n) is 3.26. The van der Waals surface area contributed by atoms with Crippen LogP contribution in [0, 0.1) is 6.92 Å². The number of aromatic nitrogens is 2. The number of morpholine rings is 1. The molecule has 3 aromatic rings. The average molecular weight is 428 g/mol. The monoisotopic (exact) mass is 427 g/mol. The van der Waals surface area contributed by atoms with Gasteiger partial charge in [-0.25, -0.2) is 9.97 Å². The summed E-state index contributed by atoms with van der Waals surface area (Å²) in [5, 5.41) is 0.303. The van der Waals surface area contributed by atoms with E-state index in [-0.39, 0.29) is 25.0 Å². The smallest absolute Gasteiger partial charge is 0.228 e. The van der Waals surface area contributed by atoms with Crippen LogP contribution in [0.5, 0.6) is 5.75 Å². The van der Waals surface area contributed by atoms with Crippen molar-refractivity contribution in [3.63, 3.8) is 0 Å². The highest BCUT2D eigenvalue weighted by Gasteiger charge is 2.26. The second-order valence-electron chi connectivity index (χ2n) is 7.00. The van der Waals surface area contributed by atoms with Crippen LogP contribution < -0.4 is 4.74 Å². The molecular formula is C22H22ClN3O4. The number of amides is 1. The van der Waals surface area contributed by atoms with Crippen LogP contribution in [-0.2, 0) is 16.0 Å². The lowest BCUT2D eigenvalue weighted by atomic mass is 10.2. The van der Waals surface area contributed by atoms with Gasteiger partial charge in [0.25, 0.3) is 0 Å². The SMILES string of the molecule is Cc1oc(-c2ccccc2)nc1CC(=O)N1CCOC(COc2cccnc2Cl)C1. The molecule has 1 unspecified atom stereocenters. The van der Waals surface area contributed by atoms with Crippen molar-refractivity contribution < 1.29 is 18.7 Å². The zero-order valence-electron chi connectivity index (χ0n) is 16.6. The van der Waals surface area contributed by atoms with Crippen molar-refractivity contribution in [2.24, 2.45) is 0 Å². The molecule has 0 saturated carbocycles. The van der Waals surface area contributed by atoms with Crippen molar-refractivity contribution in [3.05, 3.63) is 65.3 Å². The summed E-state index contributed by atoms with van der Waals surface area (Å²) in [7, 11) is 0. The highest BCUT2D eigenvalue weighted by molar-refractivity contribution is 6.30. The van der Waals surface area contributed by atoms with Crippen molar-refractivity contribution >= 4 is 17.5 Å². The first-order valence-corrected chi connectivity index (χ1v) is 10.1.